The van der Waals surface area contributed by atoms with Gasteiger partial charge in [0.1, 0.15) is 0 Å². The minimum Gasteiger partial charge on any atom is -0.504 e. The van der Waals surface area contributed by atoms with Gasteiger partial charge < -0.3 is 10.2 Å². The second-order valence-electron chi connectivity index (χ2n) is 1.49. The molecule has 2 nitrogen and oxygen atoms in total. The normalized spacial score (nSPS) is 8.00. The van der Waals surface area contributed by atoms with E-state index in [1.807, 2.05) is 0 Å². The van der Waals surface area contributed by atoms with Crippen LogP contribution in [0.15, 0.2) is 24.3 Å². The van der Waals surface area contributed by atoms with Gasteiger partial charge in [0.15, 0.2) is 11.5 Å². The van der Waals surface area contributed by atoms with Gasteiger partial charge in [-0.15, -0.1) is 0 Å². The minimum atomic E-state index is -0.0764. The van der Waals surface area contributed by atoms with Crippen LogP contribution in [0, 0.1) is 0 Å². The molecule has 0 saturated carbocycles. The standard InChI is InChI=1S/C6H6O2.Cu/c7-5-3-1-2-4-6(5)8;/h1-4,7-8H;/q;+2. The zero-order valence-corrected chi connectivity index (χ0v) is 5.45. The molecule has 0 unspecified atom stereocenters. The monoisotopic (exact) mass is 173 g/mol. The van der Waals surface area contributed by atoms with E-state index in [1.54, 1.807) is 12.1 Å². The Balaban J connectivity index is 0.000000640. The molecule has 0 aliphatic rings. The average molecular weight is 174 g/mol. The molecule has 3 heteroatoms. The fourth-order valence-corrected chi connectivity index (χ4v) is 0.464. The van der Waals surface area contributed by atoms with Crippen molar-refractivity contribution in [3.63, 3.8) is 0 Å². The maximum Gasteiger partial charge on any atom is 2.00 e. The molecule has 2 N–H and O–H groups in total. The van der Waals surface area contributed by atoms with E-state index in [0.717, 1.165) is 0 Å². The van der Waals surface area contributed by atoms with E-state index in [-0.39, 0.29) is 28.6 Å². The quantitative estimate of drug-likeness (QED) is 0.456. The molecule has 0 aliphatic carbocycles. The molecule has 0 atom stereocenters. The number of aromatic hydroxyl groups is 2. The van der Waals surface area contributed by atoms with Crippen LogP contribution in [0.3, 0.4) is 0 Å². The summed E-state index contributed by atoms with van der Waals surface area (Å²) in [6.07, 6.45) is 0. The molecule has 1 rings (SSSR count). The molecule has 0 heterocycles. The number of benzene rings is 1. The smallest absolute Gasteiger partial charge is 0.504 e. The van der Waals surface area contributed by atoms with Crippen LogP contribution in [0.2, 0.25) is 0 Å². The maximum atomic E-state index is 8.67. The number of hydrogen-bond acceptors (Lipinski definition) is 2. The van der Waals surface area contributed by atoms with E-state index in [1.165, 1.54) is 12.1 Å². The molecule has 9 heavy (non-hydrogen) atoms. The van der Waals surface area contributed by atoms with E-state index in [9.17, 15) is 0 Å². The number of rotatable bonds is 0. The van der Waals surface area contributed by atoms with Gasteiger partial charge in [0.05, 0.1) is 0 Å². The maximum absolute atomic E-state index is 8.67. The van der Waals surface area contributed by atoms with E-state index < -0.39 is 0 Å². The summed E-state index contributed by atoms with van der Waals surface area (Å²) in [6.45, 7) is 0. The van der Waals surface area contributed by atoms with Crippen LogP contribution in [-0.4, -0.2) is 10.2 Å². The number of phenolic OH excluding ortho intramolecular Hbond substituents is 2. The summed E-state index contributed by atoms with van der Waals surface area (Å²) in [7, 11) is 0. The van der Waals surface area contributed by atoms with Gasteiger partial charge in [-0.3, -0.25) is 0 Å². The molecule has 1 aromatic rings. The summed E-state index contributed by atoms with van der Waals surface area (Å²) < 4.78 is 0. The molecule has 1 aromatic carbocycles. The van der Waals surface area contributed by atoms with Crippen LogP contribution >= 0.6 is 0 Å². The number of hydrogen-bond donors (Lipinski definition) is 2. The van der Waals surface area contributed by atoms with Crippen LogP contribution < -0.4 is 0 Å². The topological polar surface area (TPSA) is 40.5 Å². The summed E-state index contributed by atoms with van der Waals surface area (Å²) in [4.78, 5) is 0. The van der Waals surface area contributed by atoms with Gasteiger partial charge in [0.25, 0.3) is 0 Å². The van der Waals surface area contributed by atoms with Gasteiger partial charge in [-0.05, 0) is 12.1 Å². The Bertz CT molecular complexity index is 167. The largest absolute Gasteiger partial charge is 2.00 e. The molecule has 0 fully saturated rings. The van der Waals surface area contributed by atoms with Crippen LogP contribution in [0.1, 0.15) is 0 Å². The first-order valence-corrected chi connectivity index (χ1v) is 2.27. The molecule has 0 amide bonds. The van der Waals surface area contributed by atoms with Crippen molar-refractivity contribution < 1.29 is 27.3 Å². The third-order valence-electron chi connectivity index (χ3n) is 0.882. The van der Waals surface area contributed by atoms with E-state index in [2.05, 4.69) is 0 Å². The Hall–Kier alpha value is -0.661. The summed E-state index contributed by atoms with van der Waals surface area (Å²) in [5.41, 5.74) is 0. The first-order valence-electron chi connectivity index (χ1n) is 2.27. The molecular formula is C6H6CuO2+2. The predicted octanol–water partition coefficient (Wildman–Crippen LogP) is 1.10. The van der Waals surface area contributed by atoms with Crippen molar-refractivity contribution >= 4 is 0 Å². The summed E-state index contributed by atoms with van der Waals surface area (Å²) in [5.74, 6) is -0.153. The SMILES string of the molecule is Oc1ccccc1O.[Cu+2]. The Kier molecular flexibility index (Phi) is 3.13. The van der Waals surface area contributed by atoms with Crippen molar-refractivity contribution in [2.24, 2.45) is 0 Å². The van der Waals surface area contributed by atoms with Gasteiger partial charge in [0, 0.05) is 0 Å². The van der Waals surface area contributed by atoms with Gasteiger partial charge in [-0.25, -0.2) is 0 Å². The Morgan fingerprint density at radius 2 is 1.22 bits per heavy atom. The zero-order valence-electron chi connectivity index (χ0n) is 4.51. The molecule has 0 aliphatic heterocycles. The van der Waals surface area contributed by atoms with Gasteiger partial charge >= 0.3 is 17.1 Å². The number of phenols is 2. The predicted molar refractivity (Wildman–Crippen MR) is 29.8 cm³/mol. The molecule has 1 radical (unpaired) electrons. The molecule has 0 bridgehead atoms. The van der Waals surface area contributed by atoms with Gasteiger partial charge in [-0.1, -0.05) is 12.1 Å². The summed E-state index contributed by atoms with van der Waals surface area (Å²) in [5, 5.41) is 17.3. The van der Waals surface area contributed by atoms with Crippen LogP contribution in [0.5, 0.6) is 11.5 Å². The van der Waals surface area contributed by atoms with E-state index in [4.69, 9.17) is 10.2 Å². The summed E-state index contributed by atoms with van der Waals surface area (Å²) >= 11 is 0. The van der Waals surface area contributed by atoms with Crippen molar-refractivity contribution in [2.75, 3.05) is 0 Å². The van der Waals surface area contributed by atoms with Crippen molar-refractivity contribution in [2.45, 2.75) is 0 Å². The van der Waals surface area contributed by atoms with Crippen LogP contribution in [0.4, 0.5) is 0 Å². The third kappa shape index (κ3) is 1.96. The van der Waals surface area contributed by atoms with E-state index in [0.29, 0.717) is 0 Å². The van der Waals surface area contributed by atoms with Crippen molar-refractivity contribution in [1.82, 2.24) is 0 Å². The Labute approximate surface area is 63.6 Å². The van der Waals surface area contributed by atoms with Gasteiger partial charge in [0.2, 0.25) is 0 Å². The van der Waals surface area contributed by atoms with Gasteiger partial charge in [-0.2, -0.15) is 0 Å². The Morgan fingerprint density at radius 1 is 0.889 bits per heavy atom. The minimum absolute atomic E-state index is 0. The van der Waals surface area contributed by atoms with Crippen LogP contribution in [0.25, 0.3) is 0 Å². The second-order valence-corrected chi connectivity index (χ2v) is 1.49. The molecule has 0 spiro atoms. The summed E-state index contributed by atoms with van der Waals surface area (Å²) in [6, 6.07) is 6.15. The fraction of sp³-hybridized carbons (Fsp3) is 0. The third-order valence-corrected chi connectivity index (χ3v) is 0.882. The van der Waals surface area contributed by atoms with Crippen molar-refractivity contribution in [3.05, 3.63) is 24.3 Å². The molecule has 0 aromatic heterocycles. The first kappa shape index (κ1) is 8.34. The first-order chi connectivity index (χ1) is 3.80. The van der Waals surface area contributed by atoms with E-state index >= 15 is 0 Å². The average Bonchev–Trinajstić information content (AvgIpc) is 1.77. The molecule has 0 saturated heterocycles. The Morgan fingerprint density at radius 3 is 1.44 bits per heavy atom. The second kappa shape index (κ2) is 3.38. The molecular weight excluding hydrogens is 168 g/mol. The molecule has 51 valence electrons. The fourth-order valence-electron chi connectivity index (χ4n) is 0.464. The van der Waals surface area contributed by atoms with Crippen molar-refractivity contribution in [3.8, 4) is 11.5 Å². The van der Waals surface area contributed by atoms with Crippen molar-refractivity contribution in [1.29, 1.82) is 0 Å². The number of para-hydroxylation sites is 2. The zero-order chi connectivity index (χ0) is 5.98. The van der Waals surface area contributed by atoms with Crippen LogP contribution in [-0.2, 0) is 17.1 Å².